The number of rotatable bonds is 10. The lowest BCUT2D eigenvalue weighted by Gasteiger charge is -2.50. The first kappa shape index (κ1) is 31.5. The Labute approximate surface area is 252 Å². The molecule has 1 atom stereocenters. The smallest absolute Gasteiger partial charge is 0.245 e. The number of benzene rings is 2. The highest BCUT2D eigenvalue weighted by atomic mass is 35.5. The maximum Gasteiger partial charge on any atom is 0.245 e. The second-order valence-corrected chi connectivity index (χ2v) is 11.6. The Morgan fingerprint density at radius 2 is 1.57 bits per heavy atom. The van der Waals surface area contributed by atoms with Crippen LogP contribution in [0.4, 0.5) is 0 Å². The second kappa shape index (κ2) is 15.1. The lowest BCUT2D eigenvalue weighted by Crippen LogP contribution is -2.62. The molecule has 3 amide bonds. The molecule has 1 aliphatic heterocycles. The number of piperazine rings is 1. The number of amides is 3. The van der Waals surface area contributed by atoms with Crippen LogP contribution in [-0.2, 0) is 27.3 Å². The van der Waals surface area contributed by atoms with Crippen LogP contribution in [0.25, 0.3) is 0 Å². The largest absolute Gasteiger partial charge is 0.370 e. The van der Waals surface area contributed by atoms with Gasteiger partial charge in [-0.3, -0.25) is 24.6 Å². The first-order chi connectivity index (χ1) is 20.3. The molecule has 11 heteroatoms. The van der Waals surface area contributed by atoms with Crippen LogP contribution in [0, 0.1) is 0 Å². The van der Waals surface area contributed by atoms with E-state index < -0.39 is 6.04 Å². The average molecular weight is 596 g/mol. The molecule has 1 unspecified atom stereocenters. The van der Waals surface area contributed by atoms with Crippen LogP contribution < -0.4 is 22.1 Å². The molecule has 0 radical (unpaired) electrons. The van der Waals surface area contributed by atoms with Crippen LogP contribution in [0.5, 0.6) is 0 Å². The first-order valence-corrected chi connectivity index (χ1v) is 15.1. The molecule has 2 fully saturated rings. The number of aliphatic imine (C=N–C) groups is 1. The van der Waals surface area contributed by atoms with E-state index in [-0.39, 0.29) is 35.8 Å². The summed E-state index contributed by atoms with van der Waals surface area (Å²) < 4.78 is 0. The highest BCUT2D eigenvalue weighted by molar-refractivity contribution is 6.30. The van der Waals surface area contributed by atoms with Crippen LogP contribution in [0.1, 0.15) is 49.7 Å². The van der Waals surface area contributed by atoms with Gasteiger partial charge in [-0.15, -0.1) is 0 Å². The maximum atomic E-state index is 13.6. The van der Waals surface area contributed by atoms with E-state index in [1.54, 1.807) is 17.0 Å². The molecule has 2 aliphatic rings. The third-order valence-corrected chi connectivity index (χ3v) is 8.50. The van der Waals surface area contributed by atoms with Crippen molar-refractivity contribution in [1.29, 1.82) is 0 Å². The van der Waals surface area contributed by atoms with E-state index in [0.29, 0.717) is 50.6 Å². The fraction of sp³-hybridized carbons (Fsp3) is 0.484. The second-order valence-electron chi connectivity index (χ2n) is 11.2. The standard InChI is InChI=1S/C31H42ClN7O3/c32-25-11-9-23(10-12-25)19-26(36-28(41)21-33)29(42)38-15-17-39(18-16-38)31(13-5-2-6-14-31)20-27(40)37-30(34)35-22-24-7-3-1-4-8-24/h1,3-4,7-12,26H,2,5-6,13-22,33H2,(H,36,41)(H3,34,35,37,40). The molecule has 10 nitrogen and oxygen atoms in total. The minimum absolute atomic E-state index is 0.122. The molecule has 2 aromatic carbocycles. The Morgan fingerprint density at radius 1 is 0.905 bits per heavy atom. The van der Waals surface area contributed by atoms with Crippen molar-refractivity contribution in [3.8, 4) is 0 Å². The van der Waals surface area contributed by atoms with Crippen molar-refractivity contribution in [2.24, 2.45) is 16.5 Å². The number of hydrogen-bond donors (Lipinski definition) is 4. The molecule has 1 aliphatic carbocycles. The Bertz CT molecular complexity index is 1220. The lowest BCUT2D eigenvalue weighted by atomic mass is 9.77. The van der Waals surface area contributed by atoms with Gasteiger partial charge < -0.3 is 21.7 Å². The SMILES string of the molecule is NCC(=O)NC(Cc1ccc(Cl)cc1)C(=O)N1CCN(C2(CC(=O)NC(N)=NCc3ccccc3)CCCCC2)CC1. The van der Waals surface area contributed by atoms with E-state index in [1.807, 2.05) is 42.5 Å². The summed E-state index contributed by atoms with van der Waals surface area (Å²) in [6.45, 7) is 2.53. The molecule has 0 spiro atoms. The van der Waals surface area contributed by atoms with Gasteiger partial charge in [0.05, 0.1) is 13.1 Å². The summed E-state index contributed by atoms with van der Waals surface area (Å²) in [5.74, 6) is -0.530. The maximum absolute atomic E-state index is 13.6. The van der Waals surface area contributed by atoms with E-state index in [4.69, 9.17) is 23.1 Å². The lowest BCUT2D eigenvalue weighted by molar-refractivity contribution is -0.139. The van der Waals surface area contributed by atoms with Crippen LogP contribution in [0.15, 0.2) is 59.6 Å². The quantitative estimate of drug-likeness (QED) is 0.245. The van der Waals surface area contributed by atoms with Crippen molar-refractivity contribution < 1.29 is 14.4 Å². The Kier molecular flexibility index (Phi) is 11.3. The molecule has 0 aromatic heterocycles. The summed E-state index contributed by atoms with van der Waals surface area (Å²) in [7, 11) is 0. The van der Waals surface area contributed by atoms with Gasteiger partial charge in [0.25, 0.3) is 0 Å². The molecule has 1 saturated carbocycles. The van der Waals surface area contributed by atoms with Gasteiger partial charge in [0.1, 0.15) is 6.04 Å². The zero-order valence-electron chi connectivity index (χ0n) is 24.1. The fourth-order valence-electron chi connectivity index (χ4n) is 6.03. The monoisotopic (exact) mass is 595 g/mol. The molecular formula is C31H42ClN7O3. The van der Waals surface area contributed by atoms with Crippen molar-refractivity contribution in [2.75, 3.05) is 32.7 Å². The normalized spacial score (nSPS) is 18.2. The number of hydrogen-bond acceptors (Lipinski definition) is 6. The number of carbonyl (C=O) groups excluding carboxylic acids is 3. The molecule has 4 rings (SSSR count). The van der Waals surface area contributed by atoms with Crippen molar-refractivity contribution >= 4 is 35.3 Å². The molecule has 0 bridgehead atoms. The number of nitrogens with zero attached hydrogens (tertiary/aromatic N) is 3. The summed E-state index contributed by atoms with van der Waals surface area (Å²) in [6.07, 6.45) is 5.77. The van der Waals surface area contributed by atoms with Crippen LogP contribution >= 0.6 is 11.6 Å². The summed E-state index contributed by atoms with van der Waals surface area (Å²) in [5, 5.41) is 6.20. The van der Waals surface area contributed by atoms with Crippen molar-refractivity contribution in [1.82, 2.24) is 20.4 Å². The van der Waals surface area contributed by atoms with Crippen LogP contribution in [0.2, 0.25) is 5.02 Å². The summed E-state index contributed by atoms with van der Waals surface area (Å²) >= 11 is 6.02. The molecular weight excluding hydrogens is 554 g/mol. The van der Waals surface area contributed by atoms with E-state index in [1.165, 1.54) is 0 Å². The van der Waals surface area contributed by atoms with Gasteiger partial charge in [-0.05, 0) is 36.1 Å². The van der Waals surface area contributed by atoms with E-state index >= 15 is 0 Å². The number of guanidine groups is 1. The topological polar surface area (TPSA) is 146 Å². The third kappa shape index (κ3) is 8.77. The molecule has 1 saturated heterocycles. The zero-order chi connectivity index (χ0) is 30.0. The van der Waals surface area contributed by atoms with Crippen LogP contribution in [0.3, 0.4) is 0 Å². The van der Waals surface area contributed by atoms with Crippen molar-refractivity contribution in [3.05, 3.63) is 70.7 Å². The average Bonchev–Trinajstić information content (AvgIpc) is 3.01. The number of nitrogens with one attached hydrogen (secondary N) is 2. The van der Waals surface area contributed by atoms with Gasteiger partial charge in [-0.1, -0.05) is 73.3 Å². The Hall–Kier alpha value is -3.47. The highest BCUT2D eigenvalue weighted by Gasteiger charge is 2.42. The van der Waals surface area contributed by atoms with Gasteiger partial charge in [-0.2, -0.15) is 0 Å². The Morgan fingerprint density at radius 3 is 2.21 bits per heavy atom. The zero-order valence-corrected chi connectivity index (χ0v) is 24.8. The highest BCUT2D eigenvalue weighted by Crippen LogP contribution is 2.37. The fourth-order valence-corrected chi connectivity index (χ4v) is 6.16. The van der Waals surface area contributed by atoms with Crippen molar-refractivity contribution in [2.45, 2.75) is 63.1 Å². The number of nitrogens with two attached hydrogens (primary N) is 2. The minimum atomic E-state index is -0.721. The molecule has 42 heavy (non-hydrogen) atoms. The van der Waals surface area contributed by atoms with Gasteiger partial charge in [-0.25, -0.2) is 4.99 Å². The molecule has 226 valence electrons. The number of carbonyl (C=O) groups is 3. The minimum Gasteiger partial charge on any atom is -0.370 e. The number of halogens is 1. The summed E-state index contributed by atoms with van der Waals surface area (Å²) in [6, 6.07) is 16.3. The summed E-state index contributed by atoms with van der Waals surface area (Å²) in [5.41, 5.74) is 13.2. The van der Waals surface area contributed by atoms with E-state index in [0.717, 1.165) is 43.2 Å². The van der Waals surface area contributed by atoms with E-state index in [9.17, 15) is 14.4 Å². The predicted molar refractivity (Wildman–Crippen MR) is 165 cm³/mol. The summed E-state index contributed by atoms with van der Waals surface area (Å²) in [4.78, 5) is 47.4. The van der Waals surface area contributed by atoms with Crippen molar-refractivity contribution in [3.63, 3.8) is 0 Å². The van der Waals surface area contributed by atoms with E-state index in [2.05, 4.69) is 20.5 Å². The van der Waals surface area contributed by atoms with Gasteiger partial charge in [0.2, 0.25) is 17.7 Å². The Balaban J connectivity index is 1.37. The van der Waals surface area contributed by atoms with Gasteiger partial charge in [0.15, 0.2) is 5.96 Å². The molecule has 6 N–H and O–H groups in total. The third-order valence-electron chi connectivity index (χ3n) is 8.25. The van der Waals surface area contributed by atoms with Crippen LogP contribution in [-0.4, -0.2) is 77.8 Å². The van der Waals surface area contributed by atoms with Gasteiger partial charge >= 0.3 is 0 Å². The molecule has 2 aromatic rings. The first-order valence-electron chi connectivity index (χ1n) is 14.7. The van der Waals surface area contributed by atoms with Gasteiger partial charge in [0, 0.05) is 49.6 Å². The predicted octanol–water partition coefficient (Wildman–Crippen LogP) is 2.19. The molecule has 1 heterocycles.